The summed E-state index contributed by atoms with van der Waals surface area (Å²) in [6, 6.07) is 12.4. The largest absolute Gasteiger partial charge is 0.342 e. The van der Waals surface area contributed by atoms with Gasteiger partial charge in [0.15, 0.2) is 0 Å². The molecule has 6 heteroatoms. The van der Waals surface area contributed by atoms with Gasteiger partial charge in [0.2, 0.25) is 0 Å². The number of nitrogens with one attached hydrogen (secondary N) is 1. The van der Waals surface area contributed by atoms with Gasteiger partial charge >= 0.3 is 0 Å². The van der Waals surface area contributed by atoms with Crippen molar-refractivity contribution in [3.05, 3.63) is 67.9 Å². The number of nitriles is 1. The third-order valence-electron chi connectivity index (χ3n) is 5.60. The smallest absolute Gasteiger partial charge is 0.262 e. The average Bonchev–Trinajstić information content (AvgIpc) is 3.16. The molecule has 0 saturated heterocycles. The van der Waals surface area contributed by atoms with Crippen LogP contribution in [0.5, 0.6) is 0 Å². The number of rotatable bonds is 4. The van der Waals surface area contributed by atoms with Crippen LogP contribution in [0.4, 0.5) is 0 Å². The summed E-state index contributed by atoms with van der Waals surface area (Å²) < 4.78 is 1.53. The highest BCUT2D eigenvalue weighted by molar-refractivity contribution is 9.11. The van der Waals surface area contributed by atoms with Crippen molar-refractivity contribution in [2.24, 2.45) is 0 Å². The van der Waals surface area contributed by atoms with E-state index in [1.54, 1.807) is 6.20 Å². The Bertz CT molecular complexity index is 1010. The van der Waals surface area contributed by atoms with Crippen LogP contribution in [0.3, 0.4) is 0 Å². The SMILES string of the molecule is CC(C)(C)c1ccc(C2(NC(=O)/C(C#N)=C/c3ncc(Br)cc3Br)CCCC2)cc1. The Morgan fingerprint density at radius 1 is 1.20 bits per heavy atom. The molecule has 1 heterocycles. The number of carbonyl (C=O) groups excluding carboxylic acids is 1. The van der Waals surface area contributed by atoms with Gasteiger partial charge in [-0.25, -0.2) is 0 Å². The highest BCUT2D eigenvalue weighted by Gasteiger charge is 2.37. The third kappa shape index (κ3) is 5.01. The van der Waals surface area contributed by atoms with Gasteiger partial charge in [-0.2, -0.15) is 5.26 Å². The van der Waals surface area contributed by atoms with Crippen LogP contribution in [0.2, 0.25) is 0 Å². The van der Waals surface area contributed by atoms with Crippen LogP contribution in [-0.4, -0.2) is 10.9 Å². The normalized spacial score (nSPS) is 16.2. The van der Waals surface area contributed by atoms with Gasteiger partial charge in [0.25, 0.3) is 5.91 Å². The fraction of sp³-hybridized carbons (Fsp3) is 0.375. The van der Waals surface area contributed by atoms with Gasteiger partial charge in [0, 0.05) is 15.1 Å². The molecule has 0 bridgehead atoms. The number of halogens is 2. The van der Waals surface area contributed by atoms with E-state index in [4.69, 9.17) is 0 Å². The molecular weight excluding hydrogens is 506 g/mol. The van der Waals surface area contributed by atoms with Crippen molar-refractivity contribution in [3.8, 4) is 6.07 Å². The number of nitrogens with zero attached hydrogens (tertiary/aromatic N) is 2. The molecule has 0 atom stereocenters. The molecule has 30 heavy (non-hydrogen) atoms. The van der Waals surface area contributed by atoms with Crippen molar-refractivity contribution in [2.45, 2.75) is 57.4 Å². The first kappa shape index (κ1) is 22.7. The molecule has 0 aliphatic heterocycles. The maximum Gasteiger partial charge on any atom is 0.262 e. The number of aromatic nitrogens is 1. The van der Waals surface area contributed by atoms with Crippen LogP contribution >= 0.6 is 31.9 Å². The van der Waals surface area contributed by atoms with Crippen LogP contribution < -0.4 is 5.32 Å². The highest BCUT2D eigenvalue weighted by atomic mass is 79.9. The number of hydrogen-bond acceptors (Lipinski definition) is 3. The number of amides is 1. The molecule has 1 amide bonds. The van der Waals surface area contributed by atoms with Gasteiger partial charge in [-0.15, -0.1) is 0 Å². The first-order valence-electron chi connectivity index (χ1n) is 10.0. The highest BCUT2D eigenvalue weighted by Crippen LogP contribution is 2.39. The van der Waals surface area contributed by atoms with E-state index in [0.717, 1.165) is 35.7 Å². The minimum absolute atomic E-state index is 0.0445. The number of carbonyl (C=O) groups is 1. The first-order valence-corrected chi connectivity index (χ1v) is 11.6. The van der Waals surface area contributed by atoms with Gasteiger partial charge in [-0.1, -0.05) is 57.9 Å². The predicted molar refractivity (Wildman–Crippen MR) is 127 cm³/mol. The monoisotopic (exact) mass is 529 g/mol. The topological polar surface area (TPSA) is 65.8 Å². The molecule has 1 fully saturated rings. The minimum Gasteiger partial charge on any atom is -0.342 e. The third-order valence-corrected chi connectivity index (χ3v) is 6.66. The van der Waals surface area contributed by atoms with Crippen molar-refractivity contribution >= 4 is 43.8 Å². The summed E-state index contributed by atoms with van der Waals surface area (Å²) in [5.41, 5.74) is 2.58. The lowest BCUT2D eigenvalue weighted by Crippen LogP contribution is -2.44. The fourth-order valence-corrected chi connectivity index (χ4v) is 4.96. The molecule has 1 aromatic carbocycles. The first-order chi connectivity index (χ1) is 14.1. The van der Waals surface area contributed by atoms with E-state index in [-0.39, 0.29) is 16.9 Å². The maximum atomic E-state index is 13.1. The Balaban J connectivity index is 1.89. The summed E-state index contributed by atoms with van der Waals surface area (Å²) in [7, 11) is 0. The second-order valence-electron chi connectivity index (χ2n) is 8.76. The standard InChI is InChI=1S/C24H25Br2N3O/c1-23(2,3)17-6-8-18(9-7-17)24(10-4-5-11-24)29-22(30)16(14-27)12-21-20(26)13-19(25)15-28-21/h6-9,12-13,15H,4-5,10-11H2,1-3H3,(H,29,30)/b16-12+. The Morgan fingerprint density at radius 3 is 2.37 bits per heavy atom. The number of pyridine rings is 1. The van der Waals surface area contributed by atoms with E-state index in [1.807, 2.05) is 12.1 Å². The second kappa shape index (κ2) is 9.03. The van der Waals surface area contributed by atoms with Crippen molar-refractivity contribution in [1.29, 1.82) is 5.26 Å². The van der Waals surface area contributed by atoms with E-state index < -0.39 is 5.54 Å². The van der Waals surface area contributed by atoms with Crippen molar-refractivity contribution in [2.75, 3.05) is 0 Å². The lowest BCUT2D eigenvalue weighted by Gasteiger charge is -2.32. The van der Waals surface area contributed by atoms with E-state index in [1.165, 1.54) is 11.6 Å². The van der Waals surface area contributed by atoms with Crippen LogP contribution in [0, 0.1) is 11.3 Å². The molecule has 1 N–H and O–H groups in total. The van der Waals surface area contributed by atoms with Crippen molar-refractivity contribution in [3.63, 3.8) is 0 Å². The van der Waals surface area contributed by atoms with Crippen LogP contribution in [-0.2, 0) is 15.7 Å². The van der Waals surface area contributed by atoms with Gasteiger partial charge in [0.05, 0.1) is 11.2 Å². The Hall–Kier alpha value is -1.97. The predicted octanol–water partition coefficient (Wildman–Crippen LogP) is 6.40. The number of benzene rings is 1. The van der Waals surface area contributed by atoms with E-state index in [2.05, 4.69) is 87.2 Å². The number of hydrogen-bond donors (Lipinski definition) is 1. The molecule has 1 aliphatic carbocycles. The molecule has 0 radical (unpaired) electrons. The fourth-order valence-electron chi connectivity index (χ4n) is 3.85. The Kier molecular flexibility index (Phi) is 6.84. The molecule has 1 aliphatic rings. The van der Waals surface area contributed by atoms with E-state index in [0.29, 0.717) is 10.2 Å². The van der Waals surface area contributed by atoms with Crippen LogP contribution in [0.15, 0.2) is 51.0 Å². The Morgan fingerprint density at radius 2 is 1.83 bits per heavy atom. The molecule has 2 aromatic rings. The van der Waals surface area contributed by atoms with Gasteiger partial charge < -0.3 is 5.32 Å². The lowest BCUT2D eigenvalue weighted by atomic mass is 9.83. The molecule has 1 saturated carbocycles. The maximum absolute atomic E-state index is 13.1. The zero-order chi connectivity index (χ0) is 21.9. The summed E-state index contributed by atoms with van der Waals surface area (Å²) in [5.74, 6) is -0.365. The molecule has 1 aromatic heterocycles. The zero-order valence-electron chi connectivity index (χ0n) is 17.4. The molecule has 3 rings (SSSR count). The lowest BCUT2D eigenvalue weighted by molar-refractivity contribution is -0.119. The summed E-state index contributed by atoms with van der Waals surface area (Å²) >= 11 is 6.79. The molecule has 4 nitrogen and oxygen atoms in total. The van der Waals surface area contributed by atoms with E-state index in [9.17, 15) is 10.1 Å². The zero-order valence-corrected chi connectivity index (χ0v) is 20.6. The quantitative estimate of drug-likeness (QED) is 0.367. The molecular formula is C24H25Br2N3O. The summed E-state index contributed by atoms with van der Waals surface area (Å²) in [6.07, 6.45) is 6.99. The summed E-state index contributed by atoms with van der Waals surface area (Å²) in [4.78, 5) is 17.4. The van der Waals surface area contributed by atoms with Crippen LogP contribution in [0.1, 0.15) is 63.3 Å². The molecule has 156 valence electrons. The molecule has 0 spiro atoms. The second-order valence-corrected chi connectivity index (χ2v) is 10.5. The molecule has 0 unspecified atom stereocenters. The Labute approximate surface area is 195 Å². The van der Waals surface area contributed by atoms with Gasteiger partial charge in [-0.05, 0) is 73.4 Å². The van der Waals surface area contributed by atoms with Gasteiger partial charge in [-0.3, -0.25) is 9.78 Å². The van der Waals surface area contributed by atoms with Crippen molar-refractivity contribution < 1.29 is 4.79 Å². The van der Waals surface area contributed by atoms with E-state index >= 15 is 0 Å². The summed E-state index contributed by atoms with van der Waals surface area (Å²) in [5, 5.41) is 12.8. The van der Waals surface area contributed by atoms with Crippen LogP contribution in [0.25, 0.3) is 6.08 Å². The minimum atomic E-state index is -0.437. The van der Waals surface area contributed by atoms with Crippen molar-refractivity contribution in [1.82, 2.24) is 10.3 Å². The van der Waals surface area contributed by atoms with Gasteiger partial charge in [0.1, 0.15) is 11.6 Å². The summed E-state index contributed by atoms with van der Waals surface area (Å²) in [6.45, 7) is 6.56. The average molecular weight is 531 g/mol.